The topological polar surface area (TPSA) is 97.1 Å². The van der Waals surface area contributed by atoms with E-state index in [1.54, 1.807) is 13.0 Å². The highest BCUT2D eigenvalue weighted by Crippen LogP contribution is 2.28. The van der Waals surface area contributed by atoms with Gasteiger partial charge in [-0.3, -0.25) is 9.59 Å². The lowest BCUT2D eigenvalue weighted by molar-refractivity contribution is -0.114. The normalized spacial score (nSPS) is 10.8. The Morgan fingerprint density at radius 2 is 1.74 bits per heavy atom. The molecule has 0 atom stereocenters. The number of hydrogen-bond acceptors (Lipinski definition) is 5. The number of nitrogens with one attached hydrogen (secondary N) is 2. The smallest absolute Gasteiger partial charge is 0.259 e. The van der Waals surface area contributed by atoms with Gasteiger partial charge in [0, 0.05) is 18.2 Å². The van der Waals surface area contributed by atoms with Crippen molar-refractivity contribution in [1.29, 1.82) is 0 Å². The van der Waals surface area contributed by atoms with Crippen molar-refractivity contribution < 1.29 is 22.9 Å². The number of carbonyl (C=O) groups is 2. The first-order valence-electron chi connectivity index (χ1n) is 9.23. The quantitative estimate of drug-likeness (QED) is 0.497. The molecule has 2 aromatic carbocycles. The number of pyridine rings is 1. The van der Waals surface area contributed by atoms with Crippen LogP contribution in [0.1, 0.15) is 23.0 Å². The van der Waals surface area contributed by atoms with Gasteiger partial charge in [0.15, 0.2) is 0 Å². The molecule has 0 spiro atoms. The number of benzene rings is 2. The minimum absolute atomic E-state index is 0.0571. The van der Waals surface area contributed by atoms with E-state index in [0.717, 1.165) is 6.07 Å². The zero-order valence-electron chi connectivity index (χ0n) is 16.5. The van der Waals surface area contributed by atoms with E-state index in [2.05, 4.69) is 20.8 Å². The lowest BCUT2D eigenvalue weighted by atomic mass is 10.0. The Balaban J connectivity index is 1.74. The van der Waals surface area contributed by atoms with E-state index in [9.17, 15) is 18.4 Å². The van der Waals surface area contributed by atoms with E-state index >= 15 is 0 Å². The summed E-state index contributed by atoms with van der Waals surface area (Å²) >= 11 is 0. The van der Waals surface area contributed by atoms with Gasteiger partial charge in [-0.25, -0.2) is 13.8 Å². The number of aromatic nitrogens is 2. The Morgan fingerprint density at radius 3 is 2.45 bits per heavy atom. The molecule has 2 N–H and O–H groups in total. The molecular weight excluding hydrogens is 406 g/mol. The Bertz CT molecular complexity index is 1320. The van der Waals surface area contributed by atoms with E-state index in [4.69, 9.17) is 4.52 Å². The van der Waals surface area contributed by atoms with Gasteiger partial charge in [-0.05, 0) is 55.5 Å². The number of carbonyl (C=O) groups excluding carboxylic acids is 2. The summed E-state index contributed by atoms with van der Waals surface area (Å²) in [6.45, 7) is 2.93. The molecule has 2 aromatic heterocycles. The lowest BCUT2D eigenvalue weighted by Crippen LogP contribution is -2.14. The molecule has 0 aliphatic heterocycles. The number of fused-ring (bicyclic) bond motifs is 1. The summed E-state index contributed by atoms with van der Waals surface area (Å²) in [5.74, 6) is -1.98. The van der Waals surface area contributed by atoms with Crippen LogP contribution in [0.4, 0.5) is 20.2 Å². The predicted octanol–water partition coefficient (Wildman–Crippen LogP) is 4.69. The first kappa shape index (κ1) is 20.1. The summed E-state index contributed by atoms with van der Waals surface area (Å²) in [7, 11) is 0. The number of aryl methyl sites for hydroxylation is 1. The molecule has 7 nitrogen and oxygen atoms in total. The maximum atomic E-state index is 13.9. The molecule has 0 unspecified atom stereocenters. The molecule has 4 aromatic rings. The van der Waals surface area contributed by atoms with Crippen molar-refractivity contribution in [3.63, 3.8) is 0 Å². The molecule has 0 bridgehead atoms. The summed E-state index contributed by atoms with van der Waals surface area (Å²) in [6.07, 6.45) is 0. The van der Waals surface area contributed by atoms with Gasteiger partial charge in [0.05, 0.1) is 28.0 Å². The molecule has 4 rings (SSSR count). The van der Waals surface area contributed by atoms with E-state index in [1.165, 1.54) is 43.3 Å². The molecule has 156 valence electrons. The van der Waals surface area contributed by atoms with Gasteiger partial charge in [-0.1, -0.05) is 5.16 Å². The van der Waals surface area contributed by atoms with Crippen molar-refractivity contribution >= 4 is 34.3 Å². The number of nitrogens with zero attached hydrogens (tertiary/aromatic N) is 2. The van der Waals surface area contributed by atoms with E-state index in [-0.39, 0.29) is 22.7 Å². The molecule has 2 heterocycles. The fraction of sp³-hybridized carbons (Fsp3) is 0.0909. The molecule has 31 heavy (non-hydrogen) atoms. The Kier molecular flexibility index (Phi) is 5.16. The number of halogens is 2. The predicted molar refractivity (Wildman–Crippen MR) is 111 cm³/mol. The third kappa shape index (κ3) is 4.11. The monoisotopic (exact) mass is 422 g/mol. The summed E-state index contributed by atoms with van der Waals surface area (Å²) in [5.41, 5.74) is 2.05. The van der Waals surface area contributed by atoms with Gasteiger partial charge < -0.3 is 15.2 Å². The van der Waals surface area contributed by atoms with Crippen LogP contribution in [-0.4, -0.2) is 22.0 Å². The number of rotatable bonds is 4. The third-order valence-electron chi connectivity index (χ3n) is 4.54. The second kappa shape index (κ2) is 7.94. The van der Waals surface area contributed by atoms with Crippen molar-refractivity contribution in [3.8, 4) is 11.3 Å². The van der Waals surface area contributed by atoms with Crippen molar-refractivity contribution in [2.24, 2.45) is 0 Å². The van der Waals surface area contributed by atoms with Crippen LogP contribution in [0, 0.1) is 18.6 Å². The van der Waals surface area contributed by atoms with Gasteiger partial charge in [0.1, 0.15) is 11.6 Å². The number of amides is 2. The van der Waals surface area contributed by atoms with Crippen molar-refractivity contribution in [2.75, 3.05) is 10.6 Å². The average molecular weight is 422 g/mol. The highest BCUT2D eigenvalue weighted by atomic mass is 19.1. The van der Waals surface area contributed by atoms with E-state index in [0.29, 0.717) is 22.3 Å². The molecule has 0 aliphatic rings. The van der Waals surface area contributed by atoms with Crippen LogP contribution in [0.15, 0.2) is 53.1 Å². The van der Waals surface area contributed by atoms with Crippen LogP contribution in [0.3, 0.4) is 0 Å². The van der Waals surface area contributed by atoms with Crippen LogP contribution in [0.5, 0.6) is 0 Å². The highest BCUT2D eigenvalue weighted by molar-refractivity contribution is 6.13. The van der Waals surface area contributed by atoms with Crippen molar-refractivity contribution in [3.05, 3.63) is 71.4 Å². The second-order valence-corrected chi connectivity index (χ2v) is 6.84. The molecule has 0 aliphatic carbocycles. The minimum Gasteiger partial charge on any atom is -0.335 e. The Hall–Kier alpha value is -4.14. The van der Waals surface area contributed by atoms with Gasteiger partial charge in [-0.15, -0.1) is 0 Å². The average Bonchev–Trinajstić information content (AvgIpc) is 3.11. The van der Waals surface area contributed by atoms with Crippen LogP contribution in [-0.2, 0) is 4.79 Å². The van der Waals surface area contributed by atoms with Gasteiger partial charge >= 0.3 is 0 Å². The van der Waals surface area contributed by atoms with E-state index in [1.807, 2.05) is 0 Å². The first-order valence-corrected chi connectivity index (χ1v) is 9.23. The molecule has 0 saturated carbocycles. The summed E-state index contributed by atoms with van der Waals surface area (Å²) in [5, 5.41) is 9.35. The number of hydrogen-bond donors (Lipinski definition) is 2. The molecule has 0 fully saturated rings. The van der Waals surface area contributed by atoms with Crippen LogP contribution in [0.25, 0.3) is 22.4 Å². The fourth-order valence-electron chi connectivity index (χ4n) is 3.13. The molecule has 0 radical (unpaired) electrons. The van der Waals surface area contributed by atoms with Crippen LogP contribution < -0.4 is 10.6 Å². The molecule has 2 amide bonds. The van der Waals surface area contributed by atoms with Crippen molar-refractivity contribution in [1.82, 2.24) is 10.1 Å². The highest BCUT2D eigenvalue weighted by Gasteiger charge is 2.20. The van der Waals surface area contributed by atoms with Crippen LogP contribution >= 0.6 is 0 Å². The Morgan fingerprint density at radius 1 is 1.00 bits per heavy atom. The number of anilines is 2. The second-order valence-electron chi connectivity index (χ2n) is 6.84. The lowest BCUT2D eigenvalue weighted by Gasteiger charge is -2.10. The zero-order valence-corrected chi connectivity index (χ0v) is 16.5. The van der Waals surface area contributed by atoms with Gasteiger partial charge in [0.25, 0.3) is 11.6 Å². The first-order chi connectivity index (χ1) is 14.8. The van der Waals surface area contributed by atoms with Gasteiger partial charge in [0.2, 0.25) is 5.91 Å². The molecule has 9 heteroatoms. The SMILES string of the molecule is CC(=O)Nc1cc(NC(=O)c2cc(-c3ccc(F)cc3)nc3onc(C)c23)ccc1F. The molecule has 0 saturated heterocycles. The summed E-state index contributed by atoms with van der Waals surface area (Å²) in [4.78, 5) is 28.7. The van der Waals surface area contributed by atoms with E-state index < -0.39 is 23.4 Å². The third-order valence-corrected chi connectivity index (χ3v) is 4.54. The largest absolute Gasteiger partial charge is 0.335 e. The zero-order chi connectivity index (χ0) is 22.1. The van der Waals surface area contributed by atoms with Gasteiger partial charge in [-0.2, -0.15) is 0 Å². The van der Waals surface area contributed by atoms with Crippen LogP contribution in [0.2, 0.25) is 0 Å². The maximum absolute atomic E-state index is 13.9. The fourth-order valence-corrected chi connectivity index (χ4v) is 3.13. The summed E-state index contributed by atoms with van der Waals surface area (Å²) in [6, 6.07) is 11.0. The minimum atomic E-state index is -0.632. The maximum Gasteiger partial charge on any atom is 0.259 e. The van der Waals surface area contributed by atoms with Crippen molar-refractivity contribution in [2.45, 2.75) is 13.8 Å². The standard InChI is InChI=1S/C22H16F2N4O3/c1-11-20-16(21(30)26-15-7-8-17(24)19(9-15)25-12(2)29)10-18(27-22(20)31-28-11)13-3-5-14(23)6-4-13/h3-10H,1-2H3,(H,25,29)(H,26,30). The Labute approximate surface area is 175 Å². The summed E-state index contributed by atoms with van der Waals surface area (Å²) < 4.78 is 32.4. The molecular formula is C22H16F2N4O3.